The molecule has 0 aliphatic heterocycles. The molecule has 44 heavy (non-hydrogen) atoms. The summed E-state index contributed by atoms with van der Waals surface area (Å²) in [4.78, 5) is 41.4. The van der Waals surface area contributed by atoms with E-state index >= 15 is 0 Å². The average Bonchev–Trinajstić information content (AvgIpc) is 3.43. The third-order valence-electron chi connectivity index (χ3n) is 6.95. The van der Waals surface area contributed by atoms with Gasteiger partial charge in [0.1, 0.15) is 17.1 Å². The van der Waals surface area contributed by atoms with Crippen molar-refractivity contribution in [2.45, 2.75) is 52.6 Å². The number of esters is 1. The van der Waals surface area contributed by atoms with Crippen LogP contribution in [-0.2, 0) is 9.47 Å². The number of rotatable bonds is 11. The van der Waals surface area contributed by atoms with E-state index in [2.05, 4.69) is 5.10 Å². The van der Waals surface area contributed by atoms with Crippen LogP contribution >= 0.6 is 0 Å². The Morgan fingerprint density at radius 1 is 0.909 bits per heavy atom. The van der Waals surface area contributed by atoms with Gasteiger partial charge >= 0.3 is 12.1 Å². The van der Waals surface area contributed by atoms with E-state index in [9.17, 15) is 14.4 Å². The molecule has 0 saturated heterocycles. The molecule has 0 atom stereocenters. The maximum atomic E-state index is 13.5. The quantitative estimate of drug-likeness (QED) is 0.251. The first kappa shape index (κ1) is 34.0. The second-order valence-electron chi connectivity index (χ2n) is 11.8. The summed E-state index contributed by atoms with van der Waals surface area (Å²) in [6.07, 6.45) is 0.184. The van der Waals surface area contributed by atoms with E-state index < -0.39 is 17.7 Å². The SMILES string of the molecule is COC(=O)c1cc(-c2c(OC)cccc2OC)n(-c2ccc(C(=O)N(C)CCCN(C)C(=O)OC(C)(C)C)cc2C(C)C)n1. The number of amides is 2. The van der Waals surface area contributed by atoms with Crippen molar-refractivity contribution in [3.05, 3.63) is 59.3 Å². The first-order valence-corrected chi connectivity index (χ1v) is 14.5. The molecular weight excluding hydrogens is 564 g/mol. The highest BCUT2D eigenvalue weighted by molar-refractivity contribution is 5.95. The van der Waals surface area contributed by atoms with Gasteiger partial charge < -0.3 is 28.7 Å². The predicted octanol–water partition coefficient (Wildman–Crippen LogP) is 5.80. The van der Waals surface area contributed by atoms with Crippen molar-refractivity contribution < 1.29 is 33.3 Å². The molecule has 0 N–H and O–H groups in total. The normalized spacial score (nSPS) is 11.2. The smallest absolute Gasteiger partial charge is 0.410 e. The van der Waals surface area contributed by atoms with Crippen LogP contribution in [-0.4, -0.2) is 91.7 Å². The minimum absolute atomic E-state index is 0.00345. The van der Waals surface area contributed by atoms with Gasteiger partial charge in [0, 0.05) is 32.7 Å². The van der Waals surface area contributed by atoms with Gasteiger partial charge in [0.05, 0.1) is 38.3 Å². The molecule has 1 heterocycles. The summed E-state index contributed by atoms with van der Waals surface area (Å²) in [5.41, 5.74) is 2.77. The largest absolute Gasteiger partial charge is 0.496 e. The van der Waals surface area contributed by atoms with E-state index in [-0.39, 0.29) is 17.5 Å². The molecular formula is C33H44N4O7. The molecule has 238 valence electrons. The van der Waals surface area contributed by atoms with Crippen molar-refractivity contribution in [1.82, 2.24) is 19.6 Å². The Morgan fingerprint density at radius 3 is 2.07 bits per heavy atom. The molecule has 11 nitrogen and oxygen atoms in total. The molecule has 2 aromatic carbocycles. The molecule has 1 aromatic heterocycles. The Labute approximate surface area is 259 Å². The van der Waals surface area contributed by atoms with Gasteiger partial charge in [-0.2, -0.15) is 5.10 Å². The van der Waals surface area contributed by atoms with Crippen LogP contribution in [0.4, 0.5) is 4.79 Å². The highest BCUT2D eigenvalue weighted by atomic mass is 16.6. The monoisotopic (exact) mass is 608 g/mol. The third kappa shape index (κ3) is 7.89. The highest BCUT2D eigenvalue weighted by Gasteiger charge is 2.25. The van der Waals surface area contributed by atoms with E-state index in [0.717, 1.165) is 5.56 Å². The van der Waals surface area contributed by atoms with Crippen LogP contribution < -0.4 is 9.47 Å². The number of methoxy groups -OCH3 is 3. The van der Waals surface area contributed by atoms with E-state index in [0.29, 0.717) is 53.5 Å². The van der Waals surface area contributed by atoms with Gasteiger partial charge in [-0.15, -0.1) is 0 Å². The summed E-state index contributed by atoms with van der Waals surface area (Å²) >= 11 is 0. The lowest BCUT2D eigenvalue weighted by Crippen LogP contribution is -2.36. The van der Waals surface area contributed by atoms with Crippen molar-refractivity contribution in [2.75, 3.05) is 48.5 Å². The lowest BCUT2D eigenvalue weighted by Gasteiger charge is -2.25. The van der Waals surface area contributed by atoms with Crippen LogP contribution in [0.5, 0.6) is 11.5 Å². The number of aromatic nitrogens is 2. The molecule has 0 aliphatic rings. The molecule has 2 amide bonds. The van der Waals surface area contributed by atoms with Gasteiger partial charge in [0.25, 0.3) is 5.91 Å². The molecule has 0 fully saturated rings. The minimum Gasteiger partial charge on any atom is -0.496 e. The number of hydrogen-bond acceptors (Lipinski definition) is 8. The van der Waals surface area contributed by atoms with Crippen LogP contribution in [0.2, 0.25) is 0 Å². The zero-order valence-electron chi connectivity index (χ0n) is 27.4. The van der Waals surface area contributed by atoms with Crippen molar-refractivity contribution in [3.8, 4) is 28.4 Å². The fourth-order valence-electron chi connectivity index (χ4n) is 4.69. The standard InChI is InChI=1S/C33H44N4O7/c1-21(2)23-19-22(30(38)35(6)17-12-18-36(7)32(40)44-33(3,4)5)15-16-25(23)37-26(20-24(34-37)31(39)43-10)29-27(41-8)13-11-14-28(29)42-9/h11,13-16,19-21H,12,17-18H2,1-10H3. The summed E-state index contributed by atoms with van der Waals surface area (Å²) in [7, 11) is 7.84. The molecule has 0 unspecified atom stereocenters. The highest BCUT2D eigenvalue weighted by Crippen LogP contribution is 2.40. The van der Waals surface area contributed by atoms with Crippen LogP contribution in [0.25, 0.3) is 16.9 Å². The van der Waals surface area contributed by atoms with Gasteiger partial charge in [-0.3, -0.25) is 4.79 Å². The van der Waals surface area contributed by atoms with Gasteiger partial charge in [-0.25, -0.2) is 14.3 Å². The first-order chi connectivity index (χ1) is 20.7. The zero-order chi connectivity index (χ0) is 32.8. The molecule has 0 radical (unpaired) electrons. The van der Waals surface area contributed by atoms with Crippen molar-refractivity contribution in [1.29, 1.82) is 0 Å². The topological polar surface area (TPSA) is 112 Å². The fourth-order valence-corrected chi connectivity index (χ4v) is 4.69. The Kier molecular flexibility index (Phi) is 11.0. The third-order valence-corrected chi connectivity index (χ3v) is 6.95. The lowest BCUT2D eigenvalue weighted by atomic mass is 9.97. The molecule has 0 aliphatic carbocycles. The molecule has 11 heteroatoms. The van der Waals surface area contributed by atoms with Crippen LogP contribution in [0, 0.1) is 0 Å². The van der Waals surface area contributed by atoms with Crippen molar-refractivity contribution in [2.24, 2.45) is 0 Å². The van der Waals surface area contributed by atoms with Crippen molar-refractivity contribution in [3.63, 3.8) is 0 Å². The summed E-state index contributed by atoms with van der Waals surface area (Å²) in [6, 6.07) is 12.5. The van der Waals surface area contributed by atoms with Crippen LogP contribution in [0.3, 0.4) is 0 Å². The number of ether oxygens (including phenoxy) is 4. The van der Waals surface area contributed by atoms with E-state index in [1.54, 1.807) is 62.2 Å². The predicted molar refractivity (Wildman–Crippen MR) is 168 cm³/mol. The second-order valence-corrected chi connectivity index (χ2v) is 11.8. The summed E-state index contributed by atoms with van der Waals surface area (Å²) in [6.45, 7) is 10.4. The maximum absolute atomic E-state index is 13.5. The molecule has 3 rings (SSSR count). The average molecular weight is 609 g/mol. The molecule has 0 saturated carbocycles. The summed E-state index contributed by atoms with van der Waals surface area (Å²) < 4.78 is 23.3. The van der Waals surface area contributed by atoms with Crippen LogP contribution in [0.1, 0.15) is 73.4 Å². The van der Waals surface area contributed by atoms with E-state index in [4.69, 9.17) is 18.9 Å². The van der Waals surface area contributed by atoms with E-state index in [1.165, 1.54) is 12.0 Å². The number of benzene rings is 2. The van der Waals surface area contributed by atoms with Gasteiger partial charge in [-0.05, 0) is 75.1 Å². The summed E-state index contributed by atoms with van der Waals surface area (Å²) in [5.74, 6) is 0.345. The number of carbonyl (C=O) groups is 3. The van der Waals surface area contributed by atoms with Crippen LogP contribution in [0.15, 0.2) is 42.5 Å². The zero-order valence-corrected chi connectivity index (χ0v) is 27.4. The van der Waals surface area contributed by atoms with Gasteiger partial charge in [0.2, 0.25) is 0 Å². The minimum atomic E-state index is -0.587. The molecule has 3 aromatic rings. The summed E-state index contributed by atoms with van der Waals surface area (Å²) in [5, 5.41) is 4.62. The van der Waals surface area contributed by atoms with Gasteiger partial charge in [0.15, 0.2) is 5.69 Å². The molecule has 0 spiro atoms. The van der Waals surface area contributed by atoms with Gasteiger partial charge in [-0.1, -0.05) is 19.9 Å². The van der Waals surface area contributed by atoms with Crippen molar-refractivity contribution >= 4 is 18.0 Å². The lowest BCUT2D eigenvalue weighted by molar-refractivity contribution is 0.0294. The Morgan fingerprint density at radius 2 is 1.52 bits per heavy atom. The number of nitrogens with zero attached hydrogens (tertiary/aromatic N) is 4. The molecule has 0 bridgehead atoms. The first-order valence-electron chi connectivity index (χ1n) is 14.5. The maximum Gasteiger partial charge on any atom is 0.410 e. The fraction of sp³-hybridized carbons (Fsp3) is 0.455. The Balaban J connectivity index is 1.96. The number of hydrogen-bond donors (Lipinski definition) is 0. The Bertz CT molecular complexity index is 1470. The van der Waals surface area contributed by atoms with E-state index in [1.807, 2.05) is 52.8 Å². The second kappa shape index (κ2) is 14.3. The Hall–Kier alpha value is -4.54. The number of carbonyl (C=O) groups excluding carboxylic acids is 3.